The number of hydrogen-bond acceptors (Lipinski definition) is 5. The smallest absolute Gasteiger partial charge is 0.272 e. The van der Waals surface area contributed by atoms with Crippen LogP contribution in [0.4, 0.5) is 4.39 Å². The average molecular weight is 438 g/mol. The van der Waals surface area contributed by atoms with Gasteiger partial charge in [-0.2, -0.15) is 5.10 Å². The van der Waals surface area contributed by atoms with Gasteiger partial charge in [-0.05, 0) is 49.7 Å². The maximum atomic E-state index is 14.6. The molecular formula is C24H28FN5O2. The molecule has 1 saturated heterocycles. The molecule has 3 N–H and O–H groups in total. The molecule has 2 aromatic carbocycles. The van der Waals surface area contributed by atoms with E-state index in [1.807, 2.05) is 12.1 Å². The summed E-state index contributed by atoms with van der Waals surface area (Å²) in [6.45, 7) is 4.39. The lowest BCUT2D eigenvalue weighted by Gasteiger charge is -2.34. The van der Waals surface area contributed by atoms with Gasteiger partial charge in [0.25, 0.3) is 11.5 Å². The van der Waals surface area contributed by atoms with Gasteiger partial charge in [0.1, 0.15) is 5.82 Å². The molecule has 0 aliphatic carbocycles. The number of halogens is 1. The summed E-state index contributed by atoms with van der Waals surface area (Å²) in [5, 5.41) is 8.01. The number of nitrogens with zero attached hydrogens (tertiary/aromatic N) is 3. The van der Waals surface area contributed by atoms with Gasteiger partial charge < -0.3 is 10.6 Å². The molecule has 1 fully saturated rings. The van der Waals surface area contributed by atoms with E-state index in [0.717, 1.165) is 43.4 Å². The molecule has 1 amide bonds. The standard InChI is InChI=1S/C24H28FN5O2/c25-21-8-7-17(16-22-18-5-1-2-6-19(18)23(31)28-27-22)15-20(21)24(32)30-13-11-29(12-14-30)10-4-3-9-26/h1-2,5-8,15H,3-4,9-14,16,26H2,(H,28,31). The Morgan fingerprint density at radius 1 is 1.06 bits per heavy atom. The highest BCUT2D eigenvalue weighted by molar-refractivity contribution is 5.95. The summed E-state index contributed by atoms with van der Waals surface area (Å²) in [4.78, 5) is 29.1. The third-order valence-corrected chi connectivity index (χ3v) is 6.00. The van der Waals surface area contributed by atoms with Crippen LogP contribution in [0.5, 0.6) is 0 Å². The van der Waals surface area contributed by atoms with Crippen molar-refractivity contribution in [3.63, 3.8) is 0 Å². The Hall–Kier alpha value is -3.10. The molecule has 7 nitrogen and oxygen atoms in total. The van der Waals surface area contributed by atoms with E-state index in [4.69, 9.17) is 5.73 Å². The Balaban J connectivity index is 1.49. The molecule has 0 atom stereocenters. The van der Waals surface area contributed by atoms with Crippen LogP contribution in [0, 0.1) is 5.82 Å². The first-order valence-corrected chi connectivity index (χ1v) is 11.0. The number of piperazine rings is 1. The molecular weight excluding hydrogens is 409 g/mol. The Labute approximate surface area is 186 Å². The van der Waals surface area contributed by atoms with Crippen molar-refractivity contribution < 1.29 is 9.18 Å². The number of unbranched alkanes of at least 4 members (excludes halogenated alkanes) is 1. The van der Waals surface area contributed by atoms with Gasteiger partial charge in [-0.25, -0.2) is 9.49 Å². The first kappa shape index (κ1) is 22.1. The lowest BCUT2D eigenvalue weighted by molar-refractivity contribution is 0.0631. The number of hydrogen-bond donors (Lipinski definition) is 2. The van der Waals surface area contributed by atoms with Crippen molar-refractivity contribution in [2.75, 3.05) is 39.3 Å². The second-order valence-electron chi connectivity index (χ2n) is 8.17. The molecule has 0 radical (unpaired) electrons. The number of nitrogens with two attached hydrogens (primary N) is 1. The molecule has 0 unspecified atom stereocenters. The third-order valence-electron chi connectivity index (χ3n) is 6.00. The molecule has 2 heterocycles. The lowest BCUT2D eigenvalue weighted by Crippen LogP contribution is -2.49. The zero-order valence-electron chi connectivity index (χ0n) is 18.0. The van der Waals surface area contributed by atoms with Crippen LogP contribution in [0.2, 0.25) is 0 Å². The molecule has 3 aromatic rings. The quantitative estimate of drug-likeness (QED) is 0.553. The summed E-state index contributed by atoms with van der Waals surface area (Å²) in [7, 11) is 0. The van der Waals surface area contributed by atoms with Crippen molar-refractivity contribution in [3.05, 3.63) is 75.5 Å². The summed E-state index contributed by atoms with van der Waals surface area (Å²) in [6, 6.07) is 11.8. The van der Waals surface area contributed by atoms with Gasteiger partial charge in [-0.3, -0.25) is 14.5 Å². The minimum absolute atomic E-state index is 0.0767. The van der Waals surface area contributed by atoms with E-state index < -0.39 is 5.82 Å². The van der Waals surface area contributed by atoms with Crippen LogP contribution >= 0.6 is 0 Å². The number of carbonyl (C=O) groups is 1. The van der Waals surface area contributed by atoms with Crippen LogP contribution in [0.15, 0.2) is 47.3 Å². The molecule has 1 aromatic heterocycles. The number of rotatable bonds is 7. The number of H-pyrrole nitrogens is 1. The Morgan fingerprint density at radius 3 is 2.56 bits per heavy atom. The fourth-order valence-electron chi connectivity index (χ4n) is 4.17. The number of aromatic nitrogens is 2. The molecule has 8 heteroatoms. The van der Waals surface area contributed by atoms with Crippen LogP contribution in [0.1, 0.15) is 34.5 Å². The van der Waals surface area contributed by atoms with Crippen molar-refractivity contribution in [3.8, 4) is 0 Å². The zero-order valence-corrected chi connectivity index (χ0v) is 18.0. The van der Waals surface area contributed by atoms with E-state index in [1.54, 1.807) is 29.2 Å². The summed E-state index contributed by atoms with van der Waals surface area (Å²) in [5.41, 5.74) is 6.82. The maximum Gasteiger partial charge on any atom is 0.272 e. The predicted molar refractivity (Wildman–Crippen MR) is 122 cm³/mol. The number of amides is 1. The number of aromatic amines is 1. The van der Waals surface area contributed by atoms with Gasteiger partial charge in [-0.1, -0.05) is 24.3 Å². The molecule has 1 aliphatic heterocycles. The SMILES string of the molecule is NCCCCN1CCN(C(=O)c2cc(Cc3n[nH]c(=O)c4ccccc34)ccc2F)CC1. The van der Waals surface area contributed by atoms with Crippen molar-refractivity contribution in [1.82, 2.24) is 20.0 Å². The van der Waals surface area contributed by atoms with Crippen molar-refractivity contribution >= 4 is 16.7 Å². The Kier molecular flexibility index (Phi) is 6.92. The highest BCUT2D eigenvalue weighted by atomic mass is 19.1. The Morgan fingerprint density at radius 2 is 1.81 bits per heavy atom. The van der Waals surface area contributed by atoms with Crippen LogP contribution in [0.3, 0.4) is 0 Å². The maximum absolute atomic E-state index is 14.6. The van der Waals surface area contributed by atoms with Gasteiger partial charge in [-0.15, -0.1) is 0 Å². The van der Waals surface area contributed by atoms with Crippen molar-refractivity contribution in [1.29, 1.82) is 0 Å². The molecule has 0 bridgehead atoms. The van der Waals surface area contributed by atoms with Crippen LogP contribution in [-0.2, 0) is 6.42 Å². The molecule has 4 rings (SSSR count). The normalized spacial score (nSPS) is 14.8. The Bertz CT molecular complexity index is 1150. The highest BCUT2D eigenvalue weighted by Crippen LogP contribution is 2.20. The first-order chi connectivity index (χ1) is 15.6. The van der Waals surface area contributed by atoms with Crippen LogP contribution < -0.4 is 11.3 Å². The second kappa shape index (κ2) is 10.0. The van der Waals surface area contributed by atoms with Gasteiger partial charge in [0.15, 0.2) is 0 Å². The van der Waals surface area contributed by atoms with Gasteiger partial charge >= 0.3 is 0 Å². The number of benzene rings is 2. The van der Waals surface area contributed by atoms with E-state index in [0.29, 0.717) is 37.1 Å². The topological polar surface area (TPSA) is 95.3 Å². The van der Waals surface area contributed by atoms with E-state index in [1.165, 1.54) is 6.07 Å². The van der Waals surface area contributed by atoms with Gasteiger partial charge in [0.2, 0.25) is 0 Å². The first-order valence-electron chi connectivity index (χ1n) is 11.0. The third kappa shape index (κ3) is 4.87. The summed E-state index contributed by atoms with van der Waals surface area (Å²) < 4.78 is 14.6. The summed E-state index contributed by atoms with van der Waals surface area (Å²) >= 11 is 0. The summed E-state index contributed by atoms with van der Waals surface area (Å²) in [5.74, 6) is -0.811. The number of carbonyl (C=O) groups excluding carboxylic acids is 1. The molecule has 0 spiro atoms. The molecule has 1 aliphatic rings. The monoisotopic (exact) mass is 437 g/mol. The van der Waals surface area contributed by atoms with Crippen LogP contribution in [-0.4, -0.2) is 65.2 Å². The van der Waals surface area contributed by atoms with E-state index in [9.17, 15) is 14.0 Å². The van der Waals surface area contributed by atoms with Gasteiger partial charge in [0, 0.05) is 38.0 Å². The fraction of sp³-hybridized carbons (Fsp3) is 0.375. The van der Waals surface area contributed by atoms with Crippen LogP contribution in [0.25, 0.3) is 10.8 Å². The van der Waals surface area contributed by atoms with Gasteiger partial charge in [0.05, 0.1) is 16.6 Å². The van der Waals surface area contributed by atoms with E-state index in [-0.39, 0.29) is 17.0 Å². The average Bonchev–Trinajstić information content (AvgIpc) is 2.82. The molecule has 32 heavy (non-hydrogen) atoms. The van der Waals surface area contributed by atoms with E-state index >= 15 is 0 Å². The number of nitrogens with one attached hydrogen (secondary N) is 1. The minimum atomic E-state index is -0.525. The summed E-state index contributed by atoms with van der Waals surface area (Å²) in [6.07, 6.45) is 2.43. The minimum Gasteiger partial charge on any atom is -0.336 e. The molecule has 0 saturated carbocycles. The second-order valence-corrected chi connectivity index (χ2v) is 8.17. The lowest BCUT2D eigenvalue weighted by atomic mass is 10.0. The molecule has 168 valence electrons. The van der Waals surface area contributed by atoms with Crippen molar-refractivity contribution in [2.24, 2.45) is 5.73 Å². The predicted octanol–water partition coefficient (Wildman–Crippen LogP) is 2.15. The van der Waals surface area contributed by atoms with Crippen molar-refractivity contribution in [2.45, 2.75) is 19.3 Å². The number of fused-ring (bicyclic) bond motifs is 1. The highest BCUT2D eigenvalue weighted by Gasteiger charge is 2.24. The van der Waals surface area contributed by atoms with E-state index in [2.05, 4.69) is 15.1 Å². The zero-order chi connectivity index (χ0) is 22.5. The fourth-order valence-corrected chi connectivity index (χ4v) is 4.17. The largest absolute Gasteiger partial charge is 0.336 e.